The first kappa shape index (κ1) is 30.8. The van der Waals surface area contributed by atoms with Crippen molar-refractivity contribution in [2.24, 2.45) is 0 Å². The van der Waals surface area contributed by atoms with Crippen molar-refractivity contribution in [2.75, 3.05) is 0 Å². The summed E-state index contributed by atoms with van der Waals surface area (Å²) in [6.07, 6.45) is 29.2. The van der Waals surface area contributed by atoms with Gasteiger partial charge in [-0.3, -0.25) is 0 Å². The molecule has 0 amide bonds. The minimum absolute atomic E-state index is 0.607. The number of hydrogen-bond acceptors (Lipinski definition) is 3. The van der Waals surface area contributed by atoms with Gasteiger partial charge in [-0.05, 0) is 12.8 Å². The summed E-state index contributed by atoms with van der Waals surface area (Å²) in [5, 5.41) is 28.7. The van der Waals surface area contributed by atoms with Crippen molar-refractivity contribution in [2.45, 2.75) is 174 Å². The first-order valence-corrected chi connectivity index (χ1v) is 13.9. The van der Waals surface area contributed by atoms with Crippen LogP contribution in [0.1, 0.15) is 168 Å². The van der Waals surface area contributed by atoms with Crippen LogP contribution in [0.25, 0.3) is 0 Å². The second kappa shape index (κ2) is 20.4. The minimum Gasteiger partial charge on any atom is -0.146 e. The average Bonchev–Trinajstić information content (AvgIpc) is 2.71. The van der Waals surface area contributed by atoms with Crippen molar-refractivity contribution < 1.29 is 20.6 Å². The van der Waals surface area contributed by atoms with Crippen LogP contribution in [0.4, 0.5) is 0 Å². The zero-order valence-corrected chi connectivity index (χ0v) is 21.6. The van der Waals surface area contributed by atoms with E-state index >= 15 is 0 Å². The van der Waals surface area contributed by atoms with Crippen LogP contribution in [0, 0.1) is 0 Å². The third-order valence-corrected chi connectivity index (χ3v) is 7.08. The molecule has 0 aromatic carbocycles. The molecule has 4 nitrogen and oxygen atoms in total. The first-order valence-electron chi connectivity index (χ1n) is 13.9. The van der Waals surface area contributed by atoms with Gasteiger partial charge in [0.25, 0.3) is 0 Å². The van der Waals surface area contributed by atoms with Crippen LogP contribution >= 0.6 is 0 Å². The molecule has 0 heterocycles. The van der Waals surface area contributed by atoms with Crippen LogP contribution in [0.3, 0.4) is 0 Å². The number of hydrogen-bond donors (Lipinski definition) is 3. The molecule has 0 aliphatic carbocycles. The molecular formula is C27H58NO3+. The number of unbranched alkanes of at least 4 members (excludes halogenated alkanes) is 19. The van der Waals surface area contributed by atoms with Gasteiger partial charge in [0.1, 0.15) is 0 Å². The molecule has 0 saturated carbocycles. The highest BCUT2D eigenvalue weighted by Crippen LogP contribution is 2.29. The van der Waals surface area contributed by atoms with E-state index in [0.717, 1.165) is 19.3 Å². The molecule has 0 spiro atoms. The molecule has 0 aliphatic heterocycles. The molecular weight excluding hydrogens is 386 g/mol. The topological polar surface area (TPSA) is 60.7 Å². The van der Waals surface area contributed by atoms with Crippen molar-refractivity contribution in [3.8, 4) is 0 Å². The van der Waals surface area contributed by atoms with E-state index in [0.29, 0.717) is 12.8 Å². The summed E-state index contributed by atoms with van der Waals surface area (Å²) in [7, 11) is 0. The fourth-order valence-electron chi connectivity index (χ4n) is 4.72. The Morgan fingerprint density at radius 1 is 0.419 bits per heavy atom. The maximum atomic E-state index is 9.58. The van der Waals surface area contributed by atoms with Gasteiger partial charge in [-0.25, -0.2) is 0 Å². The van der Waals surface area contributed by atoms with Crippen LogP contribution in [-0.4, -0.2) is 26.1 Å². The normalized spacial score (nSPS) is 14.1. The van der Waals surface area contributed by atoms with Gasteiger partial charge in [-0.1, -0.05) is 136 Å². The quantitative estimate of drug-likeness (QED) is 0.0788. The van der Waals surface area contributed by atoms with Gasteiger partial charge >= 0.3 is 0 Å². The van der Waals surface area contributed by atoms with Gasteiger partial charge < -0.3 is 0 Å². The molecule has 31 heavy (non-hydrogen) atoms. The van der Waals surface area contributed by atoms with Crippen LogP contribution < -0.4 is 0 Å². The Morgan fingerprint density at radius 2 is 0.710 bits per heavy atom. The van der Waals surface area contributed by atoms with E-state index in [2.05, 4.69) is 6.92 Å². The summed E-state index contributed by atoms with van der Waals surface area (Å²) in [4.78, 5) is -1.89. The van der Waals surface area contributed by atoms with Gasteiger partial charge in [0.2, 0.25) is 0 Å². The lowest BCUT2D eigenvalue weighted by atomic mass is 9.89. The van der Waals surface area contributed by atoms with Gasteiger partial charge in [-0.15, -0.1) is 15.6 Å². The summed E-state index contributed by atoms with van der Waals surface area (Å²) < 4.78 is 0. The third kappa shape index (κ3) is 18.0. The minimum atomic E-state index is -1.89. The number of quaternary nitrogens is 1. The van der Waals surface area contributed by atoms with E-state index < -0.39 is 10.5 Å². The zero-order valence-electron chi connectivity index (χ0n) is 21.6. The predicted octanol–water partition coefficient (Wildman–Crippen LogP) is 9.74. The molecule has 0 bridgehead atoms. The zero-order chi connectivity index (χ0) is 23.3. The summed E-state index contributed by atoms with van der Waals surface area (Å²) in [5.74, 6) is 0. The fraction of sp³-hybridized carbons (Fsp3) is 1.00. The predicted molar refractivity (Wildman–Crippen MR) is 132 cm³/mol. The molecule has 0 aliphatic rings. The van der Waals surface area contributed by atoms with Gasteiger partial charge in [-0.2, -0.15) is 0 Å². The maximum absolute atomic E-state index is 9.58. The van der Waals surface area contributed by atoms with Gasteiger partial charge in [0, 0.05) is 19.8 Å². The third-order valence-electron chi connectivity index (χ3n) is 7.08. The highest BCUT2D eigenvalue weighted by Gasteiger charge is 2.46. The van der Waals surface area contributed by atoms with E-state index in [9.17, 15) is 15.6 Å². The molecule has 3 N–H and O–H groups in total. The van der Waals surface area contributed by atoms with Crippen LogP contribution in [0.5, 0.6) is 0 Å². The molecule has 0 aromatic heterocycles. The number of hydroxylamine groups is 3. The summed E-state index contributed by atoms with van der Waals surface area (Å²) in [6, 6.07) is 0. The Kier molecular flexibility index (Phi) is 20.3. The average molecular weight is 445 g/mol. The van der Waals surface area contributed by atoms with Crippen LogP contribution in [-0.2, 0) is 0 Å². The standard InChI is InChI=1S/C27H58NO3/c1-4-6-7-8-9-10-11-12-13-14-15-16-17-18-19-20-21-22-23-24-26-27(3,25-5-2)28(29,30)31/h29-31H,4-26H2,1-3H3/q+1. The first-order chi connectivity index (χ1) is 14.9. The fourth-order valence-corrected chi connectivity index (χ4v) is 4.72. The molecule has 0 rings (SSSR count). The lowest BCUT2D eigenvalue weighted by Crippen LogP contribution is -2.56. The van der Waals surface area contributed by atoms with E-state index in [1.54, 1.807) is 6.92 Å². The number of nitrogens with zero attached hydrogens (tertiary/aromatic N) is 1. The second-order valence-corrected chi connectivity index (χ2v) is 10.3. The lowest BCUT2D eigenvalue weighted by molar-refractivity contribution is -1.39. The molecule has 0 aromatic rings. The van der Waals surface area contributed by atoms with Crippen LogP contribution in [0.15, 0.2) is 0 Å². The number of rotatable bonds is 24. The second-order valence-electron chi connectivity index (χ2n) is 10.3. The lowest BCUT2D eigenvalue weighted by Gasteiger charge is -2.33. The van der Waals surface area contributed by atoms with E-state index in [4.69, 9.17) is 0 Å². The van der Waals surface area contributed by atoms with E-state index in [1.165, 1.54) is 116 Å². The van der Waals surface area contributed by atoms with Crippen molar-refractivity contribution in [3.63, 3.8) is 0 Å². The summed E-state index contributed by atoms with van der Waals surface area (Å²) in [5.41, 5.74) is -0.872. The Balaban J connectivity index is 3.32. The molecule has 0 fully saturated rings. The molecule has 1 atom stereocenters. The highest BCUT2D eigenvalue weighted by atomic mass is 17.1. The Bertz CT molecular complexity index is 370. The molecule has 4 heteroatoms. The van der Waals surface area contributed by atoms with Crippen molar-refractivity contribution in [1.29, 1.82) is 0 Å². The van der Waals surface area contributed by atoms with E-state index in [1.807, 2.05) is 6.92 Å². The molecule has 188 valence electrons. The van der Waals surface area contributed by atoms with Crippen molar-refractivity contribution in [1.82, 2.24) is 0 Å². The van der Waals surface area contributed by atoms with Crippen molar-refractivity contribution >= 4 is 0 Å². The SMILES string of the molecule is CCCCCCCCCCCCCCCCCCCCCCC(C)(CCC)[N+](O)(O)O. The molecule has 1 unspecified atom stereocenters. The smallest absolute Gasteiger partial charge is 0.146 e. The largest absolute Gasteiger partial charge is 0.193 e. The van der Waals surface area contributed by atoms with Gasteiger partial charge in [0.15, 0.2) is 5.54 Å². The maximum Gasteiger partial charge on any atom is 0.193 e. The molecule has 0 radical (unpaired) electrons. The van der Waals surface area contributed by atoms with Gasteiger partial charge in [0.05, 0.1) is 4.97 Å². The monoisotopic (exact) mass is 444 g/mol. The Morgan fingerprint density at radius 3 is 0.968 bits per heavy atom. The van der Waals surface area contributed by atoms with Crippen LogP contribution in [0.2, 0.25) is 0 Å². The Hall–Kier alpha value is -0.160. The highest BCUT2D eigenvalue weighted by molar-refractivity contribution is 4.71. The Labute approximate surface area is 194 Å². The van der Waals surface area contributed by atoms with E-state index in [-0.39, 0.29) is 0 Å². The molecule has 0 saturated heterocycles. The summed E-state index contributed by atoms with van der Waals surface area (Å²) in [6.45, 7) is 6.05. The van der Waals surface area contributed by atoms with Crippen molar-refractivity contribution in [3.05, 3.63) is 0 Å². The summed E-state index contributed by atoms with van der Waals surface area (Å²) >= 11 is 0.